The third-order valence-corrected chi connectivity index (χ3v) is 2.86. The molecule has 1 amide bonds. The van der Waals surface area contributed by atoms with Gasteiger partial charge in [-0.2, -0.15) is 0 Å². The van der Waals surface area contributed by atoms with E-state index in [0.717, 1.165) is 25.0 Å². The molecule has 0 atom stereocenters. The zero-order chi connectivity index (χ0) is 15.1. The lowest BCUT2D eigenvalue weighted by molar-refractivity contribution is -0.123. The van der Waals surface area contributed by atoms with Crippen molar-refractivity contribution in [1.82, 2.24) is 5.32 Å². The second-order valence-corrected chi connectivity index (χ2v) is 4.30. The fourth-order valence-electron chi connectivity index (χ4n) is 1.69. The fraction of sp³-hybridized carbons (Fsp3) is 0.429. The van der Waals surface area contributed by atoms with E-state index < -0.39 is 29.9 Å². The summed E-state index contributed by atoms with van der Waals surface area (Å²) in [7, 11) is 0. The number of carbonyl (C=O) groups is 2. The average molecular weight is 285 g/mol. The summed E-state index contributed by atoms with van der Waals surface area (Å²) >= 11 is 0. The fourth-order valence-corrected chi connectivity index (χ4v) is 1.69. The molecule has 0 saturated carbocycles. The first kappa shape index (κ1) is 16.1. The van der Waals surface area contributed by atoms with E-state index in [1.165, 1.54) is 0 Å². The van der Waals surface area contributed by atoms with E-state index in [1.807, 2.05) is 13.8 Å². The van der Waals surface area contributed by atoms with E-state index >= 15 is 0 Å². The van der Waals surface area contributed by atoms with E-state index in [2.05, 4.69) is 5.32 Å². The second kappa shape index (κ2) is 7.57. The summed E-state index contributed by atoms with van der Waals surface area (Å²) in [5, 5.41) is 2.68. The number of hydrogen-bond donors (Lipinski definition) is 1. The summed E-state index contributed by atoms with van der Waals surface area (Å²) in [5.74, 6) is -3.13. The van der Waals surface area contributed by atoms with E-state index in [1.54, 1.807) is 0 Å². The molecular formula is C14H17F2NO3. The lowest BCUT2D eigenvalue weighted by Crippen LogP contribution is -2.37. The molecule has 0 radical (unpaired) electrons. The zero-order valence-corrected chi connectivity index (χ0v) is 11.4. The molecular weight excluding hydrogens is 268 g/mol. The van der Waals surface area contributed by atoms with Crippen molar-refractivity contribution in [2.75, 3.05) is 6.61 Å². The topological polar surface area (TPSA) is 55.4 Å². The van der Waals surface area contributed by atoms with Crippen LogP contribution in [0.5, 0.6) is 5.75 Å². The standard InChI is InChI=1S/C14H17F2NO3/c1-3-10(4-2)17-13(19)8-20-14-11(15)5-9(7-18)6-12(14)16/h5-7,10H,3-4,8H2,1-2H3,(H,17,19). The first-order valence-corrected chi connectivity index (χ1v) is 6.38. The van der Waals surface area contributed by atoms with Crippen molar-refractivity contribution in [3.8, 4) is 5.75 Å². The maximum absolute atomic E-state index is 13.5. The Morgan fingerprint density at radius 2 is 1.85 bits per heavy atom. The molecule has 0 aliphatic heterocycles. The van der Waals surface area contributed by atoms with Crippen LogP contribution in [-0.2, 0) is 4.79 Å². The molecule has 4 nitrogen and oxygen atoms in total. The SMILES string of the molecule is CCC(CC)NC(=O)COc1c(F)cc(C=O)cc1F. The number of amides is 1. The molecule has 20 heavy (non-hydrogen) atoms. The summed E-state index contributed by atoms with van der Waals surface area (Å²) in [6, 6.07) is 1.72. The van der Waals surface area contributed by atoms with Crippen LogP contribution in [0.3, 0.4) is 0 Å². The van der Waals surface area contributed by atoms with Crippen molar-refractivity contribution in [3.05, 3.63) is 29.3 Å². The van der Waals surface area contributed by atoms with E-state index in [4.69, 9.17) is 4.74 Å². The third kappa shape index (κ3) is 4.29. The summed E-state index contributed by atoms with van der Waals surface area (Å²) in [4.78, 5) is 22.0. The van der Waals surface area contributed by atoms with Gasteiger partial charge in [-0.05, 0) is 25.0 Å². The van der Waals surface area contributed by atoms with Crippen LogP contribution in [0.2, 0.25) is 0 Å². The quantitative estimate of drug-likeness (QED) is 0.783. The molecule has 0 bridgehead atoms. The normalized spacial score (nSPS) is 10.4. The molecule has 0 unspecified atom stereocenters. The third-order valence-electron chi connectivity index (χ3n) is 2.86. The van der Waals surface area contributed by atoms with Gasteiger partial charge in [0.1, 0.15) is 6.29 Å². The molecule has 6 heteroatoms. The Balaban J connectivity index is 2.66. The predicted octanol–water partition coefficient (Wildman–Crippen LogP) is 2.46. The Morgan fingerprint density at radius 3 is 2.30 bits per heavy atom. The van der Waals surface area contributed by atoms with Crippen LogP contribution in [0, 0.1) is 11.6 Å². The monoisotopic (exact) mass is 285 g/mol. The van der Waals surface area contributed by atoms with Crippen molar-refractivity contribution in [3.63, 3.8) is 0 Å². The molecule has 0 aliphatic carbocycles. The molecule has 0 fully saturated rings. The number of benzene rings is 1. The number of rotatable bonds is 7. The van der Waals surface area contributed by atoms with E-state index in [-0.39, 0.29) is 11.6 Å². The predicted molar refractivity (Wildman–Crippen MR) is 69.8 cm³/mol. The van der Waals surface area contributed by atoms with Crippen molar-refractivity contribution in [1.29, 1.82) is 0 Å². The smallest absolute Gasteiger partial charge is 0.258 e. The van der Waals surface area contributed by atoms with Crippen LogP contribution in [0.1, 0.15) is 37.0 Å². The molecule has 0 saturated heterocycles. The number of halogens is 2. The van der Waals surface area contributed by atoms with Gasteiger partial charge in [-0.15, -0.1) is 0 Å². The summed E-state index contributed by atoms with van der Waals surface area (Å²) in [6.45, 7) is 3.37. The number of aldehydes is 1. The summed E-state index contributed by atoms with van der Waals surface area (Å²) < 4.78 is 31.8. The van der Waals surface area contributed by atoms with Crippen LogP contribution in [0.25, 0.3) is 0 Å². The van der Waals surface area contributed by atoms with Crippen LogP contribution in [-0.4, -0.2) is 24.8 Å². The zero-order valence-electron chi connectivity index (χ0n) is 11.4. The first-order valence-electron chi connectivity index (χ1n) is 6.38. The first-order chi connectivity index (χ1) is 9.51. The van der Waals surface area contributed by atoms with Gasteiger partial charge in [-0.3, -0.25) is 9.59 Å². The van der Waals surface area contributed by atoms with Crippen LogP contribution in [0.15, 0.2) is 12.1 Å². The van der Waals surface area contributed by atoms with Crippen molar-refractivity contribution >= 4 is 12.2 Å². The van der Waals surface area contributed by atoms with E-state index in [9.17, 15) is 18.4 Å². The molecule has 0 aromatic heterocycles. The lowest BCUT2D eigenvalue weighted by atomic mass is 10.2. The number of nitrogens with one attached hydrogen (secondary N) is 1. The van der Waals surface area contributed by atoms with Crippen LogP contribution in [0.4, 0.5) is 8.78 Å². The van der Waals surface area contributed by atoms with E-state index in [0.29, 0.717) is 6.29 Å². The van der Waals surface area contributed by atoms with Crippen LogP contribution >= 0.6 is 0 Å². The van der Waals surface area contributed by atoms with Gasteiger partial charge < -0.3 is 10.1 Å². The number of ether oxygens (including phenoxy) is 1. The highest BCUT2D eigenvalue weighted by atomic mass is 19.1. The molecule has 0 spiro atoms. The van der Waals surface area contributed by atoms with Gasteiger partial charge in [-0.25, -0.2) is 8.78 Å². The highest BCUT2D eigenvalue weighted by Crippen LogP contribution is 2.22. The number of hydrogen-bond acceptors (Lipinski definition) is 3. The maximum atomic E-state index is 13.5. The lowest BCUT2D eigenvalue weighted by Gasteiger charge is -2.15. The molecule has 1 aromatic carbocycles. The maximum Gasteiger partial charge on any atom is 0.258 e. The molecule has 1 N–H and O–H groups in total. The summed E-state index contributed by atoms with van der Waals surface area (Å²) in [6.07, 6.45) is 1.85. The molecule has 110 valence electrons. The average Bonchev–Trinajstić information content (AvgIpc) is 2.43. The molecule has 0 aliphatic rings. The van der Waals surface area contributed by atoms with Gasteiger partial charge in [0.25, 0.3) is 5.91 Å². The van der Waals surface area contributed by atoms with Gasteiger partial charge in [-0.1, -0.05) is 13.8 Å². The molecule has 1 rings (SSSR count). The van der Waals surface area contributed by atoms with Gasteiger partial charge in [0.05, 0.1) is 0 Å². The van der Waals surface area contributed by atoms with Gasteiger partial charge in [0.2, 0.25) is 0 Å². The van der Waals surface area contributed by atoms with Gasteiger partial charge in [0.15, 0.2) is 24.0 Å². The van der Waals surface area contributed by atoms with Gasteiger partial charge in [0, 0.05) is 11.6 Å². The Morgan fingerprint density at radius 1 is 1.30 bits per heavy atom. The van der Waals surface area contributed by atoms with Crippen molar-refractivity contribution < 1.29 is 23.1 Å². The molecule has 1 aromatic rings. The van der Waals surface area contributed by atoms with Crippen LogP contribution < -0.4 is 10.1 Å². The highest BCUT2D eigenvalue weighted by molar-refractivity contribution is 5.78. The van der Waals surface area contributed by atoms with Crippen molar-refractivity contribution in [2.24, 2.45) is 0 Å². The minimum absolute atomic E-state index is 0.0123. The Bertz CT molecular complexity index is 464. The Labute approximate surface area is 116 Å². The minimum Gasteiger partial charge on any atom is -0.478 e. The van der Waals surface area contributed by atoms with Crippen molar-refractivity contribution in [2.45, 2.75) is 32.7 Å². The minimum atomic E-state index is -1.01. The number of carbonyl (C=O) groups excluding carboxylic acids is 2. The Hall–Kier alpha value is -1.98. The molecule has 0 heterocycles. The van der Waals surface area contributed by atoms with Gasteiger partial charge >= 0.3 is 0 Å². The Kier molecular flexibility index (Phi) is 6.09. The second-order valence-electron chi connectivity index (χ2n) is 4.30. The highest BCUT2D eigenvalue weighted by Gasteiger charge is 2.15. The largest absolute Gasteiger partial charge is 0.478 e. The summed E-state index contributed by atoms with van der Waals surface area (Å²) in [5.41, 5.74) is -0.131.